The molecule has 112 valence electrons. The largest absolute Gasteiger partial charge is 0.497 e. The van der Waals surface area contributed by atoms with E-state index in [0.717, 1.165) is 23.5 Å². The maximum absolute atomic E-state index is 12.9. The first kappa shape index (κ1) is 15.5. The van der Waals surface area contributed by atoms with Crippen molar-refractivity contribution in [3.8, 4) is 5.75 Å². The molecule has 20 heavy (non-hydrogen) atoms. The molecule has 0 aliphatic heterocycles. The van der Waals surface area contributed by atoms with Crippen molar-refractivity contribution in [1.29, 1.82) is 0 Å². The van der Waals surface area contributed by atoms with E-state index >= 15 is 0 Å². The summed E-state index contributed by atoms with van der Waals surface area (Å²) in [6.45, 7) is 4.54. The molecule has 1 fully saturated rings. The Bertz CT molecular complexity index is 470. The van der Waals surface area contributed by atoms with Gasteiger partial charge in [-0.2, -0.15) is 0 Å². The van der Waals surface area contributed by atoms with Crippen LogP contribution in [0.15, 0.2) is 29.2 Å². The molecule has 0 bridgehead atoms. The number of hydrogen-bond donors (Lipinski definition) is 1. The van der Waals surface area contributed by atoms with E-state index in [4.69, 9.17) is 4.74 Å². The first-order valence-corrected chi connectivity index (χ1v) is 8.43. The van der Waals surface area contributed by atoms with Crippen molar-refractivity contribution >= 4 is 10.8 Å². The lowest BCUT2D eigenvalue weighted by Gasteiger charge is -2.43. The summed E-state index contributed by atoms with van der Waals surface area (Å²) in [4.78, 5) is 0.897. The standard InChI is InChI=1S/C16H25NO2S/c1-16(2)11-5-6-14(15(16)17-3)20(18)13-9-7-12(19-4)8-10-13/h7-10,14-15,17H,5-6,11H2,1-4H3. The molecule has 0 amide bonds. The average molecular weight is 295 g/mol. The molecule has 0 saturated heterocycles. The van der Waals surface area contributed by atoms with Gasteiger partial charge in [0.25, 0.3) is 0 Å². The molecular weight excluding hydrogens is 270 g/mol. The van der Waals surface area contributed by atoms with Gasteiger partial charge in [0.2, 0.25) is 0 Å². The molecule has 0 aromatic heterocycles. The fourth-order valence-electron chi connectivity index (χ4n) is 3.28. The Hall–Kier alpha value is -0.870. The minimum atomic E-state index is -0.975. The van der Waals surface area contributed by atoms with Crippen LogP contribution < -0.4 is 10.1 Å². The molecule has 3 unspecified atom stereocenters. The molecule has 0 heterocycles. The van der Waals surface area contributed by atoms with Crippen LogP contribution in [0, 0.1) is 5.41 Å². The summed E-state index contributed by atoms with van der Waals surface area (Å²) in [5.74, 6) is 0.805. The van der Waals surface area contributed by atoms with E-state index in [1.807, 2.05) is 31.3 Å². The monoisotopic (exact) mass is 295 g/mol. The molecule has 3 atom stereocenters. The second kappa shape index (κ2) is 6.27. The molecule has 1 aromatic rings. The van der Waals surface area contributed by atoms with E-state index in [-0.39, 0.29) is 10.7 Å². The Morgan fingerprint density at radius 3 is 2.50 bits per heavy atom. The Balaban J connectivity index is 2.21. The van der Waals surface area contributed by atoms with Crippen molar-refractivity contribution in [2.24, 2.45) is 5.41 Å². The Morgan fingerprint density at radius 2 is 1.95 bits per heavy atom. The van der Waals surface area contributed by atoms with Gasteiger partial charge in [0.05, 0.1) is 23.2 Å². The van der Waals surface area contributed by atoms with Crippen molar-refractivity contribution in [2.45, 2.75) is 49.3 Å². The summed E-state index contributed by atoms with van der Waals surface area (Å²) >= 11 is 0. The van der Waals surface area contributed by atoms with Gasteiger partial charge in [0.1, 0.15) is 5.75 Å². The van der Waals surface area contributed by atoms with Gasteiger partial charge < -0.3 is 10.1 Å². The summed E-state index contributed by atoms with van der Waals surface area (Å²) < 4.78 is 18.0. The van der Waals surface area contributed by atoms with Crippen molar-refractivity contribution in [3.63, 3.8) is 0 Å². The Kier molecular flexibility index (Phi) is 4.86. The van der Waals surface area contributed by atoms with Crippen LogP contribution in [0.4, 0.5) is 0 Å². The third kappa shape index (κ3) is 3.07. The van der Waals surface area contributed by atoms with Crippen LogP contribution in [0.3, 0.4) is 0 Å². The first-order chi connectivity index (χ1) is 9.49. The van der Waals surface area contributed by atoms with Gasteiger partial charge in [0.15, 0.2) is 0 Å². The van der Waals surface area contributed by atoms with E-state index < -0.39 is 10.8 Å². The predicted molar refractivity (Wildman–Crippen MR) is 83.7 cm³/mol. The van der Waals surface area contributed by atoms with Gasteiger partial charge in [-0.05, 0) is 49.6 Å². The summed E-state index contributed by atoms with van der Waals surface area (Å²) in [6.07, 6.45) is 3.36. The lowest BCUT2D eigenvalue weighted by Crippen LogP contribution is -2.52. The molecule has 1 aliphatic carbocycles. The van der Waals surface area contributed by atoms with Gasteiger partial charge in [-0.1, -0.05) is 20.3 Å². The highest BCUT2D eigenvalue weighted by Crippen LogP contribution is 2.38. The van der Waals surface area contributed by atoms with Crippen LogP contribution in [-0.2, 0) is 10.8 Å². The topological polar surface area (TPSA) is 38.3 Å². The van der Waals surface area contributed by atoms with E-state index in [9.17, 15) is 4.21 Å². The number of rotatable bonds is 4. The summed E-state index contributed by atoms with van der Waals surface area (Å²) in [6, 6.07) is 7.90. The number of hydrogen-bond acceptors (Lipinski definition) is 3. The molecule has 4 heteroatoms. The van der Waals surface area contributed by atoms with E-state index in [1.54, 1.807) is 7.11 Å². The highest BCUT2D eigenvalue weighted by molar-refractivity contribution is 7.85. The highest BCUT2D eigenvalue weighted by Gasteiger charge is 2.41. The lowest BCUT2D eigenvalue weighted by atomic mass is 9.73. The zero-order chi connectivity index (χ0) is 14.8. The minimum absolute atomic E-state index is 0.178. The van der Waals surface area contributed by atoms with Crippen molar-refractivity contribution in [2.75, 3.05) is 14.2 Å². The lowest BCUT2D eigenvalue weighted by molar-refractivity contribution is 0.180. The van der Waals surface area contributed by atoms with Crippen molar-refractivity contribution in [1.82, 2.24) is 5.32 Å². The molecule has 1 saturated carbocycles. The molecule has 2 rings (SSSR count). The summed E-state index contributed by atoms with van der Waals surface area (Å²) in [5, 5.41) is 3.58. The Morgan fingerprint density at radius 1 is 1.30 bits per heavy atom. The summed E-state index contributed by atoms with van der Waals surface area (Å²) in [5.41, 5.74) is 0.194. The molecule has 3 nitrogen and oxygen atoms in total. The molecule has 1 N–H and O–H groups in total. The van der Waals surface area contributed by atoms with Crippen LogP contribution in [0.5, 0.6) is 5.75 Å². The molecule has 0 spiro atoms. The third-order valence-electron chi connectivity index (χ3n) is 4.40. The van der Waals surface area contributed by atoms with Gasteiger partial charge >= 0.3 is 0 Å². The number of benzene rings is 1. The fraction of sp³-hybridized carbons (Fsp3) is 0.625. The quantitative estimate of drug-likeness (QED) is 0.928. The van der Waals surface area contributed by atoms with E-state index in [1.165, 1.54) is 6.42 Å². The van der Waals surface area contributed by atoms with E-state index in [0.29, 0.717) is 6.04 Å². The molecule has 1 aliphatic rings. The van der Waals surface area contributed by atoms with Crippen LogP contribution in [0.1, 0.15) is 33.1 Å². The smallest absolute Gasteiger partial charge is 0.118 e. The second-order valence-electron chi connectivity index (χ2n) is 6.16. The van der Waals surface area contributed by atoms with Gasteiger partial charge in [0, 0.05) is 10.9 Å². The van der Waals surface area contributed by atoms with Crippen LogP contribution in [-0.4, -0.2) is 29.7 Å². The average Bonchev–Trinajstić information content (AvgIpc) is 2.45. The maximum Gasteiger partial charge on any atom is 0.118 e. The van der Waals surface area contributed by atoms with Gasteiger partial charge in [-0.25, -0.2) is 0 Å². The van der Waals surface area contributed by atoms with Crippen LogP contribution in [0.25, 0.3) is 0 Å². The van der Waals surface area contributed by atoms with Crippen molar-refractivity contribution < 1.29 is 8.95 Å². The number of nitrogens with one attached hydrogen (secondary N) is 1. The summed E-state index contributed by atoms with van der Waals surface area (Å²) in [7, 11) is 2.65. The maximum atomic E-state index is 12.9. The number of ether oxygens (including phenoxy) is 1. The highest BCUT2D eigenvalue weighted by atomic mass is 32.2. The zero-order valence-corrected chi connectivity index (χ0v) is 13.6. The SMILES string of the molecule is CNC1C(S(=O)c2ccc(OC)cc2)CCCC1(C)C. The minimum Gasteiger partial charge on any atom is -0.497 e. The van der Waals surface area contributed by atoms with Gasteiger partial charge in [-0.15, -0.1) is 0 Å². The molecular formula is C16H25NO2S. The first-order valence-electron chi connectivity index (χ1n) is 7.21. The fourth-order valence-corrected chi connectivity index (χ4v) is 5.16. The predicted octanol–water partition coefficient (Wildman–Crippen LogP) is 2.97. The van der Waals surface area contributed by atoms with Gasteiger partial charge in [-0.3, -0.25) is 4.21 Å². The normalized spacial score (nSPS) is 27.0. The second-order valence-corrected chi connectivity index (χ2v) is 7.83. The Labute approximate surface area is 124 Å². The van der Waals surface area contributed by atoms with Crippen LogP contribution >= 0.6 is 0 Å². The zero-order valence-electron chi connectivity index (χ0n) is 12.8. The molecule has 1 aromatic carbocycles. The van der Waals surface area contributed by atoms with Crippen molar-refractivity contribution in [3.05, 3.63) is 24.3 Å². The number of methoxy groups -OCH3 is 1. The molecule has 0 radical (unpaired) electrons. The van der Waals surface area contributed by atoms with E-state index in [2.05, 4.69) is 19.2 Å². The third-order valence-corrected chi connectivity index (χ3v) is 6.20. The van der Waals surface area contributed by atoms with Crippen LogP contribution in [0.2, 0.25) is 0 Å².